The number of hydrogen-bond donors (Lipinski definition) is 2. The van der Waals surface area contributed by atoms with Crippen LogP contribution in [0.3, 0.4) is 0 Å². The Balaban J connectivity index is 1.77. The van der Waals surface area contributed by atoms with Crippen molar-refractivity contribution in [2.75, 3.05) is 13.7 Å². The van der Waals surface area contributed by atoms with E-state index in [1.165, 1.54) is 38.6 Å². The molecule has 0 bridgehead atoms. The van der Waals surface area contributed by atoms with E-state index in [9.17, 15) is 14.7 Å². The van der Waals surface area contributed by atoms with Crippen molar-refractivity contribution < 1.29 is 24.2 Å². The van der Waals surface area contributed by atoms with Crippen molar-refractivity contribution in [3.05, 3.63) is 18.0 Å². The van der Waals surface area contributed by atoms with Crippen LogP contribution in [0, 0.1) is 11.8 Å². The normalized spacial score (nSPS) is 15.8. The van der Waals surface area contributed by atoms with E-state index in [-0.39, 0.29) is 29.8 Å². The summed E-state index contributed by atoms with van der Waals surface area (Å²) in [6.07, 6.45) is 6.92. The van der Waals surface area contributed by atoms with Crippen molar-refractivity contribution >= 4 is 11.9 Å². The average Bonchev–Trinajstić information content (AvgIpc) is 3.43. The first-order valence-electron chi connectivity index (χ1n) is 9.14. The van der Waals surface area contributed by atoms with Gasteiger partial charge in [0.15, 0.2) is 17.2 Å². The number of carbonyl (C=O) groups excluding carboxylic acids is 2. The molecule has 7 heteroatoms. The molecule has 1 aliphatic rings. The summed E-state index contributed by atoms with van der Waals surface area (Å²) in [7, 11) is 1.38. The van der Waals surface area contributed by atoms with E-state index in [1.54, 1.807) is 0 Å². The van der Waals surface area contributed by atoms with E-state index < -0.39 is 11.9 Å². The fraction of sp³-hybridized carbons (Fsp3) is 0.632. The largest absolute Gasteiger partial charge is 0.503 e. The molecule has 2 N–H and O–H groups in total. The predicted molar refractivity (Wildman–Crippen MR) is 96.1 cm³/mol. The van der Waals surface area contributed by atoms with Crippen LogP contribution in [0.25, 0.3) is 0 Å². The van der Waals surface area contributed by atoms with Gasteiger partial charge in [-0.25, -0.2) is 4.98 Å². The lowest BCUT2D eigenvalue weighted by Crippen LogP contribution is -2.33. The van der Waals surface area contributed by atoms with Gasteiger partial charge in [-0.15, -0.1) is 0 Å². The van der Waals surface area contributed by atoms with Crippen molar-refractivity contribution in [2.24, 2.45) is 11.8 Å². The third-order valence-electron chi connectivity index (χ3n) is 4.65. The molecule has 1 aromatic rings. The van der Waals surface area contributed by atoms with Crippen LogP contribution in [0.5, 0.6) is 11.5 Å². The highest BCUT2D eigenvalue weighted by molar-refractivity contribution is 5.97. The van der Waals surface area contributed by atoms with E-state index in [2.05, 4.69) is 17.2 Å². The molecule has 0 saturated heterocycles. The molecule has 144 valence electrons. The van der Waals surface area contributed by atoms with Crippen LogP contribution < -0.4 is 10.1 Å². The number of carbonyl (C=O) groups is 2. The second kappa shape index (κ2) is 9.40. The Hall–Kier alpha value is -2.31. The molecule has 1 saturated carbocycles. The van der Waals surface area contributed by atoms with Crippen molar-refractivity contribution in [1.82, 2.24) is 10.3 Å². The molecule has 1 heterocycles. The number of amides is 1. The number of aromatic hydroxyl groups is 1. The number of methoxy groups -OCH3 is 1. The zero-order valence-corrected chi connectivity index (χ0v) is 15.7. The molecule has 7 nitrogen and oxygen atoms in total. The first kappa shape index (κ1) is 20.0. The standard InChI is InChI=1S/C19H28N2O5/c1-4-13(10-14-5-6-14)9-12(2)26-16(22)11-21-19(24)17-18(23)15(25-3)7-8-20-17/h7-8,12-14,23H,4-6,9-11H2,1-3H3,(H,21,24). The van der Waals surface area contributed by atoms with Gasteiger partial charge in [0, 0.05) is 12.3 Å². The van der Waals surface area contributed by atoms with Crippen LogP contribution >= 0.6 is 0 Å². The van der Waals surface area contributed by atoms with Crippen LogP contribution in [0.15, 0.2) is 12.3 Å². The van der Waals surface area contributed by atoms with E-state index in [0.717, 1.165) is 18.8 Å². The zero-order chi connectivity index (χ0) is 19.1. The number of hydrogen-bond acceptors (Lipinski definition) is 6. The van der Waals surface area contributed by atoms with Gasteiger partial charge in [-0.2, -0.15) is 0 Å². The monoisotopic (exact) mass is 364 g/mol. The smallest absolute Gasteiger partial charge is 0.325 e. The van der Waals surface area contributed by atoms with E-state index in [1.807, 2.05) is 6.92 Å². The van der Waals surface area contributed by atoms with Gasteiger partial charge in [0.1, 0.15) is 6.54 Å². The molecule has 1 fully saturated rings. The maximum absolute atomic E-state index is 12.1. The lowest BCUT2D eigenvalue weighted by molar-refractivity contribution is -0.147. The summed E-state index contributed by atoms with van der Waals surface area (Å²) in [6.45, 7) is 3.76. The minimum absolute atomic E-state index is 0.141. The molecule has 2 rings (SSSR count). The highest BCUT2D eigenvalue weighted by Gasteiger charge is 2.26. The highest BCUT2D eigenvalue weighted by Crippen LogP contribution is 2.37. The topological polar surface area (TPSA) is 97.8 Å². The first-order chi connectivity index (χ1) is 12.4. The van der Waals surface area contributed by atoms with Crippen LogP contribution in [-0.2, 0) is 9.53 Å². The third-order valence-corrected chi connectivity index (χ3v) is 4.65. The SMILES string of the molecule is CCC(CC1CC1)CC(C)OC(=O)CNC(=O)c1nccc(OC)c1O. The maximum atomic E-state index is 12.1. The molecule has 1 aliphatic carbocycles. The predicted octanol–water partition coefficient (Wildman–Crippen LogP) is 2.67. The minimum atomic E-state index is -0.661. The average molecular weight is 364 g/mol. The number of nitrogens with one attached hydrogen (secondary N) is 1. The number of rotatable bonds is 10. The number of pyridine rings is 1. The van der Waals surface area contributed by atoms with Crippen LogP contribution in [0.2, 0.25) is 0 Å². The fourth-order valence-electron chi connectivity index (χ4n) is 3.04. The maximum Gasteiger partial charge on any atom is 0.325 e. The summed E-state index contributed by atoms with van der Waals surface area (Å²) in [5, 5.41) is 12.3. The van der Waals surface area contributed by atoms with Crippen molar-refractivity contribution in [2.45, 2.75) is 52.1 Å². The lowest BCUT2D eigenvalue weighted by Gasteiger charge is -2.20. The molecular weight excluding hydrogens is 336 g/mol. The Morgan fingerprint density at radius 2 is 2.15 bits per heavy atom. The number of esters is 1. The van der Waals surface area contributed by atoms with E-state index in [0.29, 0.717) is 5.92 Å². The number of aromatic nitrogens is 1. The van der Waals surface area contributed by atoms with Gasteiger partial charge in [-0.1, -0.05) is 26.2 Å². The van der Waals surface area contributed by atoms with Gasteiger partial charge in [-0.3, -0.25) is 9.59 Å². The Labute approximate surface area is 154 Å². The molecule has 0 spiro atoms. The van der Waals surface area contributed by atoms with Gasteiger partial charge in [0.2, 0.25) is 0 Å². The third kappa shape index (κ3) is 5.89. The molecule has 26 heavy (non-hydrogen) atoms. The molecular formula is C19H28N2O5. The van der Waals surface area contributed by atoms with E-state index >= 15 is 0 Å². The summed E-state index contributed by atoms with van der Waals surface area (Å²) in [6, 6.07) is 1.44. The van der Waals surface area contributed by atoms with Gasteiger partial charge in [0.25, 0.3) is 5.91 Å². The second-order valence-corrected chi connectivity index (χ2v) is 6.88. The molecule has 1 aromatic heterocycles. The van der Waals surface area contributed by atoms with Crippen molar-refractivity contribution in [1.29, 1.82) is 0 Å². The lowest BCUT2D eigenvalue weighted by atomic mass is 9.93. The summed E-state index contributed by atoms with van der Waals surface area (Å²) in [5.41, 5.74) is -0.194. The molecule has 2 unspecified atom stereocenters. The highest BCUT2D eigenvalue weighted by atomic mass is 16.5. The molecule has 1 amide bonds. The summed E-state index contributed by atoms with van der Waals surface area (Å²) in [4.78, 5) is 27.9. The van der Waals surface area contributed by atoms with Gasteiger partial charge < -0.3 is 19.9 Å². The summed E-state index contributed by atoms with van der Waals surface area (Å²) >= 11 is 0. The van der Waals surface area contributed by atoms with Crippen molar-refractivity contribution in [3.63, 3.8) is 0 Å². The van der Waals surface area contributed by atoms with Gasteiger partial charge in [0.05, 0.1) is 13.2 Å². The van der Waals surface area contributed by atoms with Gasteiger partial charge in [-0.05, 0) is 31.6 Å². The summed E-state index contributed by atoms with van der Waals surface area (Å²) in [5.74, 6) is 0.0337. The molecule has 0 aliphatic heterocycles. The number of ether oxygens (including phenoxy) is 2. The van der Waals surface area contributed by atoms with Crippen LogP contribution in [0.1, 0.15) is 56.4 Å². The summed E-state index contributed by atoms with van der Waals surface area (Å²) < 4.78 is 10.3. The fourth-order valence-corrected chi connectivity index (χ4v) is 3.04. The Morgan fingerprint density at radius 1 is 1.42 bits per heavy atom. The van der Waals surface area contributed by atoms with Crippen LogP contribution in [0.4, 0.5) is 0 Å². The van der Waals surface area contributed by atoms with E-state index in [4.69, 9.17) is 9.47 Å². The first-order valence-corrected chi connectivity index (χ1v) is 9.14. The Kier molecular flexibility index (Phi) is 7.24. The second-order valence-electron chi connectivity index (χ2n) is 6.88. The van der Waals surface area contributed by atoms with Gasteiger partial charge >= 0.3 is 5.97 Å². The Morgan fingerprint density at radius 3 is 2.77 bits per heavy atom. The number of nitrogens with zero attached hydrogens (tertiary/aromatic N) is 1. The zero-order valence-electron chi connectivity index (χ0n) is 15.7. The quantitative estimate of drug-likeness (QED) is 0.620. The van der Waals surface area contributed by atoms with Crippen LogP contribution in [-0.4, -0.2) is 41.7 Å². The Bertz CT molecular complexity index is 630. The minimum Gasteiger partial charge on any atom is -0.503 e. The van der Waals surface area contributed by atoms with Crippen molar-refractivity contribution in [3.8, 4) is 11.5 Å². The molecule has 0 radical (unpaired) electrons. The molecule has 0 aromatic carbocycles. The molecule has 2 atom stereocenters.